The van der Waals surface area contributed by atoms with Crippen molar-refractivity contribution in [2.45, 2.75) is 52.4 Å². The molecular weight excluding hydrogens is 449 g/mol. The van der Waals surface area contributed by atoms with Gasteiger partial charge in [-0.1, -0.05) is 54.6 Å². The lowest BCUT2D eigenvalue weighted by atomic mass is 9.92. The van der Waals surface area contributed by atoms with Crippen molar-refractivity contribution in [3.05, 3.63) is 107 Å². The lowest BCUT2D eigenvalue weighted by Crippen LogP contribution is -2.56. The van der Waals surface area contributed by atoms with Crippen molar-refractivity contribution in [3.63, 3.8) is 0 Å². The second-order valence-corrected chi connectivity index (χ2v) is 9.86. The van der Waals surface area contributed by atoms with E-state index >= 15 is 0 Å². The van der Waals surface area contributed by atoms with Gasteiger partial charge >= 0.3 is 0 Å². The van der Waals surface area contributed by atoms with Gasteiger partial charge < -0.3 is 4.90 Å². The van der Waals surface area contributed by atoms with Gasteiger partial charge in [-0.15, -0.1) is 0 Å². The van der Waals surface area contributed by atoms with Crippen molar-refractivity contribution in [2.75, 3.05) is 26.2 Å². The minimum absolute atomic E-state index is 0.0826. The predicted molar refractivity (Wildman–Crippen MR) is 144 cm³/mol. The van der Waals surface area contributed by atoms with Crippen LogP contribution >= 0.6 is 0 Å². The molecule has 0 bridgehead atoms. The van der Waals surface area contributed by atoms with E-state index in [0.29, 0.717) is 25.2 Å². The minimum Gasteiger partial charge on any atom is -0.339 e. The molecule has 3 atom stereocenters. The Morgan fingerprint density at radius 2 is 1.47 bits per heavy atom. The molecule has 1 fully saturated rings. The first kappa shape index (κ1) is 26.1. The van der Waals surface area contributed by atoms with Crippen LogP contribution in [0.4, 0.5) is 4.39 Å². The molecule has 1 aliphatic rings. The second-order valence-electron chi connectivity index (χ2n) is 9.86. The van der Waals surface area contributed by atoms with E-state index in [9.17, 15) is 9.18 Å². The van der Waals surface area contributed by atoms with Crippen LogP contribution in [0.2, 0.25) is 0 Å². The van der Waals surface area contributed by atoms with Gasteiger partial charge in [-0.25, -0.2) is 4.39 Å². The lowest BCUT2D eigenvalue weighted by Gasteiger charge is -2.47. The Kier molecular flexibility index (Phi) is 8.55. The third-order valence-electron chi connectivity index (χ3n) is 7.43. The number of rotatable bonds is 8. The summed E-state index contributed by atoms with van der Waals surface area (Å²) < 4.78 is 13.4. The van der Waals surface area contributed by atoms with Crippen LogP contribution in [-0.2, 0) is 6.54 Å². The average molecular weight is 488 g/mol. The van der Waals surface area contributed by atoms with Crippen LogP contribution in [0.1, 0.15) is 60.8 Å². The van der Waals surface area contributed by atoms with Gasteiger partial charge in [0.25, 0.3) is 5.91 Å². The van der Waals surface area contributed by atoms with Crippen LogP contribution in [0, 0.1) is 5.82 Å². The number of carbonyl (C=O) groups is 1. The Morgan fingerprint density at radius 1 is 0.861 bits per heavy atom. The Morgan fingerprint density at radius 3 is 2.08 bits per heavy atom. The summed E-state index contributed by atoms with van der Waals surface area (Å²) in [6, 6.07) is 26.5. The normalized spacial score (nSPS) is 19.7. The van der Waals surface area contributed by atoms with Crippen molar-refractivity contribution in [3.8, 4) is 0 Å². The summed E-state index contributed by atoms with van der Waals surface area (Å²) in [7, 11) is 0. The quantitative estimate of drug-likeness (QED) is 0.390. The van der Waals surface area contributed by atoms with Crippen molar-refractivity contribution >= 4 is 5.91 Å². The summed E-state index contributed by atoms with van der Waals surface area (Å²) in [5.41, 5.74) is 4.33. The second kappa shape index (κ2) is 11.8. The molecule has 0 saturated carbocycles. The van der Waals surface area contributed by atoms with Gasteiger partial charge in [-0.3, -0.25) is 14.6 Å². The topological polar surface area (TPSA) is 26.8 Å². The van der Waals surface area contributed by atoms with Crippen LogP contribution in [-0.4, -0.2) is 58.9 Å². The van der Waals surface area contributed by atoms with Crippen LogP contribution in [0.5, 0.6) is 0 Å². The van der Waals surface area contributed by atoms with Gasteiger partial charge in [-0.05, 0) is 68.7 Å². The zero-order valence-electron chi connectivity index (χ0n) is 21.9. The van der Waals surface area contributed by atoms with E-state index in [1.165, 1.54) is 11.1 Å². The summed E-state index contributed by atoms with van der Waals surface area (Å²) >= 11 is 0. The Hall–Kier alpha value is -3.02. The lowest BCUT2D eigenvalue weighted by molar-refractivity contribution is 0.0195. The molecule has 4 rings (SSSR count). The number of nitrogens with zero attached hydrogens (tertiary/aromatic N) is 3. The van der Waals surface area contributed by atoms with Gasteiger partial charge in [-0.2, -0.15) is 0 Å². The van der Waals surface area contributed by atoms with Crippen molar-refractivity contribution in [2.24, 2.45) is 0 Å². The maximum absolute atomic E-state index is 13.4. The van der Waals surface area contributed by atoms with E-state index in [4.69, 9.17) is 0 Å². The van der Waals surface area contributed by atoms with Gasteiger partial charge in [0, 0.05) is 50.4 Å². The standard InChI is InChI=1S/C31H38FN3O/c1-5-33(6-2)31(36)28-16-14-27(15-17-28)30(26-10-8-7-9-11-26)35-21-23(3)34(20-24(35)4)22-25-12-18-29(32)19-13-25/h7-19,23-24,30H,5-6,20-22H2,1-4H3/t23-,24+,30-/m1/s1. The fourth-order valence-electron chi connectivity index (χ4n) is 5.34. The molecule has 3 aromatic carbocycles. The number of hydrogen-bond acceptors (Lipinski definition) is 3. The third-order valence-corrected chi connectivity index (χ3v) is 7.43. The molecule has 1 heterocycles. The monoisotopic (exact) mass is 487 g/mol. The smallest absolute Gasteiger partial charge is 0.253 e. The van der Waals surface area contributed by atoms with Gasteiger partial charge in [0.15, 0.2) is 0 Å². The van der Waals surface area contributed by atoms with Crippen LogP contribution in [0.25, 0.3) is 0 Å². The summed E-state index contributed by atoms with van der Waals surface area (Å²) in [6.07, 6.45) is 0. The number of halogens is 1. The summed E-state index contributed by atoms with van der Waals surface area (Å²) in [5, 5.41) is 0. The molecule has 1 amide bonds. The Bertz CT molecular complexity index is 1110. The molecule has 0 radical (unpaired) electrons. The highest BCUT2D eigenvalue weighted by Crippen LogP contribution is 2.34. The zero-order valence-corrected chi connectivity index (χ0v) is 21.9. The van der Waals surface area contributed by atoms with Crippen molar-refractivity contribution in [1.29, 1.82) is 0 Å². The molecule has 4 nitrogen and oxygen atoms in total. The van der Waals surface area contributed by atoms with Crippen molar-refractivity contribution in [1.82, 2.24) is 14.7 Å². The van der Waals surface area contributed by atoms with Gasteiger partial charge in [0.1, 0.15) is 5.82 Å². The van der Waals surface area contributed by atoms with E-state index in [-0.39, 0.29) is 17.8 Å². The minimum atomic E-state index is -0.194. The summed E-state index contributed by atoms with van der Waals surface area (Å²) in [4.78, 5) is 19.8. The van der Waals surface area contributed by atoms with Crippen LogP contribution in [0.3, 0.4) is 0 Å². The molecule has 3 aromatic rings. The molecule has 190 valence electrons. The summed E-state index contributed by atoms with van der Waals surface area (Å²) in [5.74, 6) is -0.111. The van der Waals surface area contributed by atoms with Gasteiger partial charge in [0.2, 0.25) is 0 Å². The maximum Gasteiger partial charge on any atom is 0.253 e. The van der Waals surface area contributed by atoms with Crippen molar-refractivity contribution < 1.29 is 9.18 Å². The van der Waals surface area contributed by atoms with E-state index in [2.05, 4.69) is 66.1 Å². The van der Waals surface area contributed by atoms with E-state index < -0.39 is 0 Å². The highest BCUT2D eigenvalue weighted by molar-refractivity contribution is 5.94. The number of hydrogen-bond donors (Lipinski definition) is 0. The zero-order chi connectivity index (χ0) is 25.7. The molecule has 5 heteroatoms. The number of amides is 1. The largest absolute Gasteiger partial charge is 0.339 e. The Labute approximate surface area is 215 Å². The molecule has 1 saturated heterocycles. The van der Waals surface area contributed by atoms with Crippen LogP contribution in [0.15, 0.2) is 78.9 Å². The van der Waals surface area contributed by atoms with E-state index in [1.807, 2.05) is 43.0 Å². The number of benzene rings is 3. The maximum atomic E-state index is 13.4. The first-order valence-electron chi connectivity index (χ1n) is 13.1. The fourth-order valence-corrected chi connectivity index (χ4v) is 5.34. The van der Waals surface area contributed by atoms with Crippen LogP contribution < -0.4 is 0 Å². The molecule has 0 spiro atoms. The molecule has 36 heavy (non-hydrogen) atoms. The number of piperazine rings is 1. The highest BCUT2D eigenvalue weighted by atomic mass is 19.1. The number of carbonyl (C=O) groups excluding carboxylic acids is 1. The van der Waals surface area contributed by atoms with Gasteiger partial charge in [0.05, 0.1) is 6.04 Å². The molecule has 0 aromatic heterocycles. The van der Waals surface area contributed by atoms with E-state index in [0.717, 1.165) is 30.8 Å². The molecule has 0 N–H and O–H groups in total. The highest BCUT2D eigenvalue weighted by Gasteiger charge is 2.34. The molecular formula is C31H38FN3O. The summed E-state index contributed by atoms with van der Waals surface area (Å²) in [6.45, 7) is 12.7. The molecule has 0 aliphatic carbocycles. The third kappa shape index (κ3) is 5.85. The molecule has 1 aliphatic heterocycles. The first-order valence-corrected chi connectivity index (χ1v) is 13.1. The predicted octanol–water partition coefficient (Wildman–Crippen LogP) is 5.99. The first-order chi connectivity index (χ1) is 17.4. The fraction of sp³-hybridized carbons (Fsp3) is 0.387. The SMILES string of the molecule is CCN(CC)C(=O)c1ccc([C@@H](c2ccccc2)N2C[C@@H](C)N(Cc3ccc(F)cc3)C[C@@H]2C)cc1. The molecule has 0 unspecified atom stereocenters. The van der Waals surface area contributed by atoms with E-state index in [1.54, 1.807) is 12.1 Å². The Balaban J connectivity index is 1.58. The average Bonchev–Trinajstić information content (AvgIpc) is 2.90.